The molecule has 116 valence electrons. The molecule has 0 aromatic carbocycles. The maximum absolute atomic E-state index is 10.9. The third kappa shape index (κ3) is 3.11. The van der Waals surface area contributed by atoms with Gasteiger partial charge in [-0.1, -0.05) is 6.07 Å². The summed E-state index contributed by atoms with van der Waals surface area (Å²) in [6, 6.07) is 4.00. The van der Waals surface area contributed by atoms with Gasteiger partial charge in [0.15, 0.2) is 5.79 Å². The number of hydrogen-bond donors (Lipinski definition) is 1. The minimum Gasteiger partial charge on any atom is -0.384 e. The molecule has 5 heteroatoms. The molecule has 1 aliphatic carbocycles. The quantitative estimate of drug-likeness (QED) is 0.918. The summed E-state index contributed by atoms with van der Waals surface area (Å²) in [5, 5.41) is 10.9. The van der Waals surface area contributed by atoms with Crippen LogP contribution < -0.4 is 0 Å². The van der Waals surface area contributed by atoms with E-state index >= 15 is 0 Å². The lowest BCUT2D eigenvalue weighted by atomic mass is 9.79. The summed E-state index contributed by atoms with van der Waals surface area (Å²) in [4.78, 5) is 6.59. The SMILES string of the molecule is CN(C)Cc1ccc(C2(O)CCC3(CC2)OCCO3)nc1. The molecule has 0 radical (unpaired) electrons. The first-order chi connectivity index (χ1) is 10.0. The lowest BCUT2D eigenvalue weighted by Crippen LogP contribution is -2.42. The molecular weight excluding hydrogens is 268 g/mol. The Hall–Kier alpha value is -1.01. The molecule has 1 N–H and O–H groups in total. The number of nitrogens with zero attached hydrogens (tertiary/aromatic N) is 2. The average Bonchev–Trinajstić information content (AvgIpc) is 2.92. The molecule has 0 atom stereocenters. The summed E-state index contributed by atoms with van der Waals surface area (Å²) >= 11 is 0. The molecule has 2 aliphatic rings. The van der Waals surface area contributed by atoms with E-state index in [4.69, 9.17) is 9.47 Å². The highest BCUT2D eigenvalue weighted by Gasteiger charge is 2.46. The summed E-state index contributed by atoms with van der Waals surface area (Å²) in [6.07, 6.45) is 4.58. The minimum absolute atomic E-state index is 0.447. The molecule has 1 spiro atoms. The maximum atomic E-state index is 10.9. The minimum atomic E-state index is -0.850. The van der Waals surface area contributed by atoms with E-state index in [1.807, 2.05) is 32.4 Å². The van der Waals surface area contributed by atoms with Crippen molar-refractivity contribution in [2.45, 2.75) is 43.6 Å². The summed E-state index contributed by atoms with van der Waals surface area (Å²) in [6.45, 7) is 2.18. The van der Waals surface area contributed by atoms with Crippen molar-refractivity contribution >= 4 is 0 Å². The van der Waals surface area contributed by atoms with Crippen LogP contribution in [0, 0.1) is 0 Å². The molecule has 0 unspecified atom stereocenters. The van der Waals surface area contributed by atoms with Crippen LogP contribution in [0.15, 0.2) is 18.3 Å². The Balaban J connectivity index is 1.68. The van der Waals surface area contributed by atoms with Gasteiger partial charge < -0.3 is 19.5 Å². The Kier molecular flexibility index (Phi) is 4.01. The maximum Gasteiger partial charge on any atom is 0.168 e. The van der Waals surface area contributed by atoms with Crippen LogP contribution in [0.25, 0.3) is 0 Å². The third-order valence-electron chi connectivity index (χ3n) is 4.45. The summed E-state index contributed by atoms with van der Waals surface area (Å²) < 4.78 is 11.4. The monoisotopic (exact) mass is 292 g/mol. The van der Waals surface area contributed by atoms with Crippen molar-refractivity contribution in [3.8, 4) is 0 Å². The van der Waals surface area contributed by atoms with Gasteiger partial charge in [0.1, 0.15) is 5.60 Å². The van der Waals surface area contributed by atoms with Crippen molar-refractivity contribution in [2.24, 2.45) is 0 Å². The smallest absolute Gasteiger partial charge is 0.168 e. The molecule has 3 rings (SSSR count). The molecule has 2 fully saturated rings. The summed E-state index contributed by atoms with van der Waals surface area (Å²) in [5.74, 6) is -0.447. The predicted molar refractivity (Wildman–Crippen MR) is 78.6 cm³/mol. The molecule has 1 aromatic heterocycles. The van der Waals surface area contributed by atoms with Gasteiger partial charge in [0, 0.05) is 25.6 Å². The van der Waals surface area contributed by atoms with Gasteiger partial charge in [-0.3, -0.25) is 4.98 Å². The van der Waals surface area contributed by atoms with Gasteiger partial charge in [-0.25, -0.2) is 0 Å². The zero-order chi connectivity index (χ0) is 14.9. The first-order valence-corrected chi connectivity index (χ1v) is 7.62. The van der Waals surface area contributed by atoms with E-state index in [-0.39, 0.29) is 0 Å². The fraction of sp³-hybridized carbons (Fsp3) is 0.688. The summed E-state index contributed by atoms with van der Waals surface area (Å²) in [5.41, 5.74) is 1.07. The molecule has 1 aliphatic heterocycles. The second-order valence-corrected chi connectivity index (χ2v) is 6.43. The molecule has 21 heavy (non-hydrogen) atoms. The number of aliphatic hydroxyl groups is 1. The van der Waals surface area contributed by atoms with Gasteiger partial charge in [-0.05, 0) is 38.6 Å². The summed E-state index contributed by atoms with van der Waals surface area (Å²) in [7, 11) is 4.06. The lowest BCUT2D eigenvalue weighted by Gasteiger charge is -2.40. The van der Waals surface area contributed by atoms with Gasteiger partial charge in [-0.15, -0.1) is 0 Å². The Morgan fingerprint density at radius 1 is 1.14 bits per heavy atom. The van der Waals surface area contributed by atoms with E-state index in [2.05, 4.69) is 9.88 Å². The van der Waals surface area contributed by atoms with E-state index in [1.165, 1.54) is 0 Å². The molecular formula is C16H24N2O3. The Morgan fingerprint density at radius 3 is 2.33 bits per heavy atom. The van der Waals surface area contributed by atoms with Gasteiger partial charge in [0.25, 0.3) is 0 Å². The lowest BCUT2D eigenvalue weighted by molar-refractivity contribution is -0.204. The molecule has 1 saturated heterocycles. The van der Waals surface area contributed by atoms with Crippen molar-refractivity contribution in [1.29, 1.82) is 0 Å². The second-order valence-electron chi connectivity index (χ2n) is 6.43. The second kappa shape index (κ2) is 5.65. The van der Waals surface area contributed by atoms with Gasteiger partial charge in [0.05, 0.1) is 18.9 Å². The van der Waals surface area contributed by atoms with Crippen LogP contribution in [0.2, 0.25) is 0 Å². The van der Waals surface area contributed by atoms with E-state index in [0.717, 1.165) is 30.6 Å². The van der Waals surface area contributed by atoms with Crippen LogP contribution >= 0.6 is 0 Å². The Bertz CT molecular complexity index is 471. The molecule has 1 aromatic rings. The topological polar surface area (TPSA) is 54.8 Å². The fourth-order valence-corrected chi connectivity index (χ4v) is 3.24. The first-order valence-electron chi connectivity index (χ1n) is 7.62. The van der Waals surface area contributed by atoms with Gasteiger partial charge in [0.2, 0.25) is 0 Å². The van der Waals surface area contributed by atoms with Crippen LogP contribution in [-0.2, 0) is 21.6 Å². The van der Waals surface area contributed by atoms with Crippen molar-refractivity contribution in [3.05, 3.63) is 29.6 Å². The van der Waals surface area contributed by atoms with Crippen LogP contribution in [0.4, 0.5) is 0 Å². The van der Waals surface area contributed by atoms with Crippen molar-refractivity contribution < 1.29 is 14.6 Å². The van der Waals surface area contributed by atoms with E-state index in [1.54, 1.807) is 0 Å². The average molecular weight is 292 g/mol. The van der Waals surface area contributed by atoms with Crippen LogP contribution in [0.3, 0.4) is 0 Å². The zero-order valence-corrected chi connectivity index (χ0v) is 12.8. The van der Waals surface area contributed by atoms with Crippen LogP contribution in [-0.4, -0.2) is 48.1 Å². The Labute approximate surface area is 125 Å². The largest absolute Gasteiger partial charge is 0.384 e. The van der Waals surface area contributed by atoms with E-state index in [0.29, 0.717) is 26.1 Å². The number of rotatable bonds is 3. The van der Waals surface area contributed by atoms with Crippen LogP contribution in [0.1, 0.15) is 36.9 Å². The Morgan fingerprint density at radius 2 is 1.81 bits per heavy atom. The molecule has 2 heterocycles. The number of ether oxygens (including phenoxy) is 2. The number of pyridine rings is 1. The standard InChI is InChI=1S/C16H24N2O3/c1-18(2)12-13-3-4-14(17-11-13)15(19)5-7-16(8-6-15)20-9-10-21-16/h3-4,11,19H,5-10,12H2,1-2H3. The normalized spacial score (nSPS) is 23.8. The van der Waals surface area contributed by atoms with Crippen LogP contribution in [0.5, 0.6) is 0 Å². The zero-order valence-electron chi connectivity index (χ0n) is 12.8. The highest BCUT2D eigenvalue weighted by molar-refractivity contribution is 5.20. The van der Waals surface area contributed by atoms with Crippen molar-refractivity contribution in [1.82, 2.24) is 9.88 Å². The molecule has 0 bridgehead atoms. The highest BCUT2D eigenvalue weighted by Crippen LogP contribution is 2.44. The van der Waals surface area contributed by atoms with Crippen molar-refractivity contribution in [3.63, 3.8) is 0 Å². The highest BCUT2D eigenvalue weighted by atomic mass is 16.7. The van der Waals surface area contributed by atoms with Gasteiger partial charge in [-0.2, -0.15) is 0 Å². The number of aromatic nitrogens is 1. The fourth-order valence-electron chi connectivity index (χ4n) is 3.24. The predicted octanol–water partition coefficient (Wildman–Crippen LogP) is 1.65. The molecule has 5 nitrogen and oxygen atoms in total. The van der Waals surface area contributed by atoms with Crippen molar-refractivity contribution in [2.75, 3.05) is 27.3 Å². The van der Waals surface area contributed by atoms with E-state index < -0.39 is 11.4 Å². The van der Waals surface area contributed by atoms with E-state index in [9.17, 15) is 5.11 Å². The molecule has 1 saturated carbocycles. The molecule has 0 amide bonds. The third-order valence-corrected chi connectivity index (χ3v) is 4.45. The number of hydrogen-bond acceptors (Lipinski definition) is 5. The first kappa shape index (κ1) is 14.9. The van der Waals surface area contributed by atoms with Gasteiger partial charge >= 0.3 is 0 Å².